The van der Waals surface area contributed by atoms with Crippen molar-refractivity contribution in [3.05, 3.63) is 21.6 Å². The summed E-state index contributed by atoms with van der Waals surface area (Å²) in [7, 11) is -3.37. The van der Waals surface area contributed by atoms with Crippen LogP contribution in [0.3, 0.4) is 0 Å². The second-order valence-electron chi connectivity index (χ2n) is 4.18. The van der Waals surface area contributed by atoms with Crippen LogP contribution in [0.1, 0.15) is 13.3 Å². The number of carboxylic acid groups (broad SMARTS) is 1. The van der Waals surface area contributed by atoms with Gasteiger partial charge in [-0.25, -0.2) is 23.2 Å². The van der Waals surface area contributed by atoms with E-state index in [9.17, 15) is 23.3 Å². The smallest absolute Gasteiger partial charge is 0.348 e. The first kappa shape index (κ1) is 18.0. The molecule has 1 aromatic heterocycles. The number of nitro groups is 1. The van der Waals surface area contributed by atoms with Crippen molar-refractivity contribution >= 4 is 38.9 Å². The van der Waals surface area contributed by atoms with Crippen LogP contribution in [0.15, 0.2) is 6.33 Å². The highest BCUT2D eigenvalue weighted by molar-refractivity contribution is 7.91. The molecule has 10 nitrogen and oxygen atoms in total. The van der Waals surface area contributed by atoms with Gasteiger partial charge in [-0.2, -0.15) is 0 Å². The minimum atomic E-state index is -3.37. The van der Waals surface area contributed by atoms with Crippen LogP contribution >= 0.6 is 11.6 Å². The number of rotatable bonds is 8. The van der Waals surface area contributed by atoms with Crippen LogP contribution < -0.4 is 5.32 Å². The summed E-state index contributed by atoms with van der Waals surface area (Å²) >= 11 is 5.58. The van der Waals surface area contributed by atoms with Gasteiger partial charge in [-0.1, -0.05) is 18.5 Å². The SMILES string of the molecule is CCS(=O)(=O)CCC(Nc1ncnc(Cl)c1[N+](=O)[O-])C(=O)O. The molecule has 2 N–H and O–H groups in total. The molecule has 0 aromatic carbocycles. The van der Waals surface area contributed by atoms with Gasteiger partial charge >= 0.3 is 11.7 Å². The van der Waals surface area contributed by atoms with Gasteiger partial charge in [0.2, 0.25) is 11.0 Å². The standard InChI is InChI=1S/C10H13ClN4O6S/c1-2-22(20,21)4-3-6(10(16)17)14-9-7(15(18)19)8(11)12-5-13-9/h5-6H,2-4H2,1H3,(H,16,17)(H,12,13,14). The lowest BCUT2D eigenvalue weighted by Gasteiger charge is -2.14. The Labute approximate surface area is 130 Å². The zero-order valence-corrected chi connectivity index (χ0v) is 13.0. The number of carbonyl (C=O) groups is 1. The Morgan fingerprint density at radius 1 is 1.55 bits per heavy atom. The van der Waals surface area contributed by atoms with Crippen LogP contribution in [-0.2, 0) is 14.6 Å². The third-order valence-corrected chi connectivity index (χ3v) is 4.74. The Bertz CT molecular complexity index is 680. The third-order valence-electron chi connectivity index (χ3n) is 2.73. The number of carboxylic acids is 1. The van der Waals surface area contributed by atoms with Gasteiger partial charge < -0.3 is 10.4 Å². The molecule has 0 aliphatic heterocycles. The summed E-state index contributed by atoms with van der Waals surface area (Å²) in [6, 6.07) is -1.37. The minimum Gasteiger partial charge on any atom is -0.480 e. The number of halogens is 1. The third kappa shape index (κ3) is 4.77. The van der Waals surface area contributed by atoms with Gasteiger partial charge in [0.25, 0.3) is 0 Å². The van der Waals surface area contributed by atoms with Gasteiger partial charge in [-0.15, -0.1) is 0 Å². The van der Waals surface area contributed by atoms with Crippen LogP contribution in [0.4, 0.5) is 11.5 Å². The van der Waals surface area contributed by atoms with E-state index in [0.717, 1.165) is 6.33 Å². The van der Waals surface area contributed by atoms with Crippen molar-refractivity contribution in [2.45, 2.75) is 19.4 Å². The van der Waals surface area contributed by atoms with Crippen molar-refractivity contribution in [1.82, 2.24) is 9.97 Å². The lowest BCUT2D eigenvalue weighted by molar-refractivity contribution is -0.384. The van der Waals surface area contributed by atoms with E-state index in [0.29, 0.717) is 0 Å². The minimum absolute atomic E-state index is 0.126. The van der Waals surface area contributed by atoms with Crippen molar-refractivity contribution in [1.29, 1.82) is 0 Å². The molecule has 0 amide bonds. The Hall–Kier alpha value is -2.01. The lowest BCUT2D eigenvalue weighted by Crippen LogP contribution is -2.32. The van der Waals surface area contributed by atoms with Crippen LogP contribution in [0, 0.1) is 10.1 Å². The first-order valence-electron chi connectivity index (χ1n) is 6.02. The number of sulfone groups is 1. The van der Waals surface area contributed by atoms with E-state index < -0.39 is 37.6 Å². The van der Waals surface area contributed by atoms with E-state index in [2.05, 4.69) is 15.3 Å². The summed E-state index contributed by atoms with van der Waals surface area (Å²) in [6.07, 6.45) is 0.656. The maximum Gasteiger partial charge on any atom is 0.348 e. The van der Waals surface area contributed by atoms with Crippen molar-refractivity contribution in [3.63, 3.8) is 0 Å². The van der Waals surface area contributed by atoms with Crippen molar-refractivity contribution < 1.29 is 23.2 Å². The highest BCUT2D eigenvalue weighted by atomic mass is 35.5. The van der Waals surface area contributed by atoms with Gasteiger partial charge in [-0.3, -0.25) is 10.1 Å². The van der Waals surface area contributed by atoms with Gasteiger partial charge in [0.05, 0.1) is 10.7 Å². The van der Waals surface area contributed by atoms with Crippen molar-refractivity contribution in [3.8, 4) is 0 Å². The molecule has 0 aliphatic rings. The number of hydrogen-bond acceptors (Lipinski definition) is 8. The summed E-state index contributed by atoms with van der Waals surface area (Å²) in [5.74, 6) is -2.25. The molecular formula is C10H13ClN4O6S. The maximum absolute atomic E-state index is 11.4. The highest BCUT2D eigenvalue weighted by Crippen LogP contribution is 2.29. The number of anilines is 1. The Morgan fingerprint density at radius 3 is 2.68 bits per heavy atom. The van der Waals surface area contributed by atoms with Crippen LogP contribution in [0.2, 0.25) is 5.15 Å². The lowest BCUT2D eigenvalue weighted by atomic mass is 10.2. The monoisotopic (exact) mass is 352 g/mol. The molecule has 122 valence electrons. The van der Waals surface area contributed by atoms with E-state index in [1.165, 1.54) is 6.92 Å². The van der Waals surface area contributed by atoms with Crippen molar-refractivity contribution in [2.75, 3.05) is 16.8 Å². The van der Waals surface area contributed by atoms with Crippen LogP contribution in [0.5, 0.6) is 0 Å². The largest absolute Gasteiger partial charge is 0.480 e. The summed E-state index contributed by atoms with van der Waals surface area (Å²) in [5, 5.41) is 21.9. The first-order valence-corrected chi connectivity index (χ1v) is 8.22. The van der Waals surface area contributed by atoms with Crippen LogP contribution in [0.25, 0.3) is 0 Å². The zero-order valence-electron chi connectivity index (χ0n) is 11.4. The Morgan fingerprint density at radius 2 is 2.18 bits per heavy atom. The molecule has 0 bridgehead atoms. The maximum atomic E-state index is 11.4. The number of nitrogens with one attached hydrogen (secondary N) is 1. The Balaban J connectivity index is 3.00. The first-order chi connectivity index (χ1) is 10.2. The fourth-order valence-electron chi connectivity index (χ4n) is 1.49. The zero-order chi connectivity index (χ0) is 16.9. The highest BCUT2D eigenvalue weighted by Gasteiger charge is 2.27. The van der Waals surface area contributed by atoms with Gasteiger partial charge in [0, 0.05) is 5.75 Å². The summed E-state index contributed by atoms with van der Waals surface area (Å²) in [4.78, 5) is 28.3. The predicted molar refractivity (Wildman–Crippen MR) is 77.7 cm³/mol. The van der Waals surface area contributed by atoms with E-state index in [1.54, 1.807) is 0 Å². The molecule has 0 saturated heterocycles. The summed E-state index contributed by atoms with van der Waals surface area (Å²) < 4.78 is 22.9. The number of aromatic nitrogens is 2. The molecule has 1 atom stereocenters. The topological polar surface area (TPSA) is 152 Å². The second kappa shape index (κ2) is 7.31. The molecule has 22 heavy (non-hydrogen) atoms. The molecule has 0 fully saturated rings. The average molecular weight is 353 g/mol. The summed E-state index contributed by atoms with van der Waals surface area (Å²) in [6.45, 7) is 1.44. The predicted octanol–water partition coefficient (Wildman–Crippen LogP) is 0.728. The fourth-order valence-corrected chi connectivity index (χ4v) is 2.57. The quantitative estimate of drug-likeness (QED) is 0.391. The number of nitrogens with zero attached hydrogens (tertiary/aromatic N) is 3. The van der Waals surface area contributed by atoms with E-state index >= 15 is 0 Å². The molecule has 0 saturated carbocycles. The van der Waals surface area contributed by atoms with E-state index in [-0.39, 0.29) is 23.7 Å². The fraction of sp³-hybridized carbons (Fsp3) is 0.500. The molecule has 1 aromatic rings. The summed E-state index contributed by atoms with van der Waals surface area (Å²) in [5.41, 5.74) is -0.672. The molecule has 12 heteroatoms. The molecular weight excluding hydrogens is 340 g/mol. The number of hydrogen-bond donors (Lipinski definition) is 2. The Kier molecular flexibility index (Phi) is 6.00. The van der Waals surface area contributed by atoms with Gasteiger partial charge in [-0.05, 0) is 6.42 Å². The van der Waals surface area contributed by atoms with Gasteiger partial charge in [0.15, 0.2) is 0 Å². The molecule has 0 spiro atoms. The van der Waals surface area contributed by atoms with Gasteiger partial charge in [0.1, 0.15) is 22.2 Å². The molecule has 1 heterocycles. The molecule has 1 unspecified atom stereocenters. The van der Waals surface area contributed by atoms with E-state index in [1.807, 2.05) is 0 Å². The van der Waals surface area contributed by atoms with Crippen molar-refractivity contribution in [2.24, 2.45) is 0 Å². The molecule has 0 aliphatic carbocycles. The molecule has 0 radical (unpaired) electrons. The number of aliphatic carboxylic acids is 1. The molecule has 1 rings (SSSR count). The van der Waals surface area contributed by atoms with E-state index in [4.69, 9.17) is 16.7 Å². The van der Waals surface area contributed by atoms with Crippen LogP contribution in [-0.4, -0.2) is 51.9 Å². The normalized spacial score (nSPS) is 12.6. The second-order valence-corrected chi connectivity index (χ2v) is 7.01. The average Bonchev–Trinajstić information content (AvgIpc) is 2.42.